The van der Waals surface area contributed by atoms with Gasteiger partial charge in [0.25, 0.3) is 0 Å². The van der Waals surface area contributed by atoms with E-state index in [1.807, 2.05) is 13.8 Å². The predicted octanol–water partition coefficient (Wildman–Crippen LogP) is 2.18. The average molecular weight is 203 g/mol. The Hall–Kier alpha value is -0.610. The summed E-state index contributed by atoms with van der Waals surface area (Å²) in [6.45, 7) is 4.43. The van der Waals surface area contributed by atoms with Crippen LogP contribution in [0.1, 0.15) is 18.7 Å². The summed E-state index contributed by atoms with van der Waals surface area (Å²) in [5.41, 5.74) is 5.62. The van der Waals surface area contributed by atoms with E-state index < -0.39 is 0 Å². The normalized spacial score (nSPS) is 19.5. The van der Waals surface area contributed by atoms with Crippen LogP contribution in [0, 0.1) is 5.82 Å². The van der Waals surface area contributed by atoms with E-state index in [2.05, 4.69) is 0 Å². The summed E-state index contributed by atoms with van der Waals surface area (Å²) in [5.74, 6) is 0.161. The van der Waals surface area contributed by atoms with E-state index in [9.17, 15) is 4.39 Å². The Morgan fingerprint density at radius 2 is 2.31 bits per heavy atom. The number of rotatable bonds is 0. The second-order valence-electron chi connectivity index (χ2n) is 2.61. The highest BCUT2D eigenvalue weighted by Gasteiger charge is 2.21. The number of hydrogen-bond donors (Lipinski definition) is 1. The molecule has 2 heterocycles. The van der Waals surface area contributed by atoms with Crippen molar-refractivity contribution in [2.24, 2.45) is 5.73 Å². The predicted molar refractivity (Wildman–Crippen MR) is 52.8 cm³/mol. The van der Waals surface area contributed by atoms with E-state index in [4.69, 9.17) is 10.5 Å². The number of hydrogen-bond acceptors (Lipinski definition) is 3. The van der Waals surface area contributed by atoms with Crippen LogP contribution in [0.15, 0.2) is 5.38 Å². The Labute approximate surface area is 81.5 Å². The molecule has 0 fully saturated rings. The quantitative estimate of drug-likeness (QED) is 0.701. The third-order valence-electron chi connectivity index (χ3n) is 1.66. The molecule has 0 aliphatic carbocycles. The summed E-state index contributed by atoms with van der Waals surface area (Å²) in [5, 5.41) is 1.46. The fourth-order valence-electron chi connectivity index (χ4n) is 1.14. The zero-order chi connectivity index (χ0) is 9.84. The molecular weight excluding hydrogens is 189 g/mol. The molecule has 0 amide bonds. The Morgan fingerprint density at radius 1 is 1.62 bits per heavy atom. The molecule has 1 aliphatic rings. The monoisotopic (exact) mass is 203 g/mol. The highest BCUT2D eigenvalue weighted by molar-refractivity contribution is 7.10. The molecule has 1 aliphatic heterocycles. The highest BCUT2D eigenvalue weighted by Crippen LogP contribution is 2.32. The zero-order valence-electron chi connectivity index (χ0n) is 7.84. The van der Waals surface area contributed by atoms with Gasteiger partial charge in [-0.15, -0.1) is 11.3 Å². The zero-order valence-corrected chi connectivity index (χ0v) is 8.66. The molecule has 74 valence electrons. The number of thiophene rings is 1. The minimum Gasteiger partial charge on any atom is -0.488 e. The lowest BCUT2D eigenvalue weighted by Gasteiger charge is -2.18. The molecular formula is C9H14FNOS. The summed E-state index contributed by atoms with van der Waals surface area (Å²) in [6, 6.07) is 0.0283. The first kappa shape index (κ1) is 10.5. The van der Waals surface area contributed by atoms with Gasteiger partial charge in [-0.3, -0.25) is 0 Å². The van der Waals surface area contributed by atoms with Gasteiger partial charge in [0, 0.05) is 17.8 Å². The molecule has 2 nitrogen and oxygen atoms in total. The van der Waals surface area contributed by atoms with Gasteiger partial charge in [-0.2, -0.15) is 0 Å². The first-order chi connectivity index (χ1) is 6.27. The molecule has 1 aromatic rings. The Morgan fingerprint density at radius 3 is 3.00 bits per heavy atom. The lowest BCUT2D eigenvalue weighted by atomic mass is 10.1. The molecule has 2 N–H and O–H groups in total. The molecule has 0 spiro atoms. The van der Waals surface area contributed by atoms with Gasteiger partial charge in [0.2, 0.25) is 0 Å². The number of ether oxygens (including phenoxy) is 1. The van der Waals surface area contributed by atoms with E-state index >= 15 is 0 Å². The maximum atomic E-state index is 12.8. The fraction of sp³-hybridized carbons (Fsp3) is 0.556. The van der Waals surface area contributed by atoms with Crippen LogP contribution in [0.4, 0.5) is 4.39 Å². The fourth-order valence-corrected chi connectivity index (χ4v) is 2.07. The van der Waals surface area contributed by atoms with Crippen LogP contribution in [0.3, 0.4) is 0 Å². The molecule has 1 atom stereocenters. The molecule has 0 aromatic carbocycles. The first-order valence-corrected chi connectivity index (χ1v) is 5.29. The average Bonchev–Trinajstić information content (AvgIpc) is 2.51. The van der Waals surface area contributed by atoms with Crippen LogP contribution in [0.2, 0.25) is 0 Å². The third kappa shape index (κ3) is 2.19. The lowest BCUT2D eigenvalue weighted by Crippen LogP contribution is -2.33. The number of halogens is 1. The Bertz CT molecular complexity index is 275. The molecule has 0 radical (unpaired) electrons. The van der Waals surface area contributed by atoms with Crippen LogP contribution in [0.25, 0.3) is 0 Å². The van der Waals surface area contributed by atoms with E-state index in [0.29, 0.717) is 12.4 Å². The topological polar surface area (TPSA) is 35.2 Å². The molecule has 0 saturated heterocycles. The smallest absolute Gasteiger partial charge is 0.176 e. The van der Waals surface area contributed by atoms with Crippen LogP contribution >= 0.6 is 11.3 Å². The van der Waals surface area contributed by atoms with Gasteiger partial charge >= 0.3 is 0 Å². The van der Waals surface area contributed by atoms with Crippen LogP contribution in [0.5, 0.6) is 5.75 Å². The first-order valence-electron chi connectivity index (χ1n) is 4.41. The van der Waals surface area contributed by atoms with Gasteiger partial charge in [0.05, 0.1) is 4.88 Å². The van der Waals surface area contributed by atoms with E-state index in [1.165, 1.54) is 16.7 Å². The summed E-state index contributed by atoms with van der Waals surface area (Å²) in [7, 11) is 0. The van der Waals surface area contributed by atoms with Crippen LogP contribution in [-0.2, 0) is 6.42 Å². The van der Waals surface area contributed by atoms with Crippen molar-refractivity contribution in [2.75, 3.05) is 6.61 Å². The molecule has 0 bridgehead atoms. The molecule has 0 saturated carbocycles. The van der Waals surface area contributed by atoms with E-state index in [-0.39, 0.29) is 11.9 Å². The molecule has 4 heteroatoms. The second kappa shape index (κ2) is 4.58. The molecule has 1 unspecified atom stereocenters. The van der Waals surface area contributed by atoms with Crippen LogP contribution in [-0.4, -0.2) is 12.6 Å². The van der Waals surface area contributed by atoms with E-state index in [1.54, 1.807) is 0 Å². The number of nitrogens with two attached hydrogens (primary N) is 1. The lowest BCUT2D eigenvalue weighted by molar-refractivity contribution is 0.255. The largest absolute Gasteiger partial charge is 0.488 e. The van der Waals surface area contributed by atoms with Crippen molar-refractivity contribution in [1.29, 1.82) is 0 Å². The van der Waals surface area contributed by atoms with Gasteiger partial charge in [0.1, 0.15) is 6.61 Å². The molecule has 1 aromatic heterocycles. The van der Waals surface area contributed by atoms with Crippen molar-refractivity contribution in [3.8, 4) is 5.75 Å². The van der Waals surface area contributed by atoms with Crippen LogP contribution < -0.4 is 10.5 Å². The summed E-state index contributed by atoms with van der Waals surface area (Å²) in [4.78, 5) is 0.932. The maximum absolute atomic E-state index is 12.8. The summed E-state index contributed by atoms with van der Waals surface area (Å²) >= 11 is 1.38. The SMILES string of the molecule is CC.NC1COc2c(F)csc2C1. The van der Waals surface area contributed by atoms with Crippen molar-refractivity contribution < 1.29 is 9.13 Å². The third-order valence-corrected chi connectivity index (χ3v) is 2.63. The maximum Gasteiger partial charge on any atom is 0.176 e. The number of fused-ring (bicyclic) bond motifs is 1. The van der Waals surface area contributed by atoms with E-state index in [0.717, 1.165) is 11.3 Å². The van der Waals surface area contributed by atoms with Gasteiger partial charge in [-0.25, -0.2) is 4.39 Å². The van der Waals surface area contributed by atoms with Gasteiger partial charge < -0.3 is 10.5 Å². The summed E-state index contributed by atoms with van der Waals surface area (Å²) < 4.78 is 17.9. The molecule has 2 rings (SSSR count). The summed E-state index contributed by atoms with van der Waals surface area (Å²) in [6.07, 6.45) is 0.740. The highest BCUT2D eigenvalue weighted by atomic mass is 32.1. The standard InChI is InChI=1S/C7H8FNOS.C2H6/c8-5-3-11-6-1-4(9)2-10-7(5)6;1-2/h3-4H,1-2,9H2;1-2H3. The van der Waals surface area contributed by atoms with Crippen molar-refractivity contribution >= 4 is 11.3 Å². The minimum atomic E-state index is -0.253. The van der Waals surface area contributed by atoms with Gasteiger partial charge in [-0.05, 0) is 0 Å². The van der Waals surface area contributed by atoms with Gasteiger partial charge in [-0.1, -0.05) is 13.8 Å². The Kier molecular flexibility index (Phi) is 3.69. The molecule has 13 heavy (non-hydrogen) atoms. The second-order valence-corrected chi connectivity index (χ2v) is 3.58. The van der Waals surface area contributed by atoms with Gasteiger partial charge in [0.15, 0.2) is 11.6 Å². The Balaban J connectivity index is 0.000000396. The minimum absolute atomic E-state index is 0.0283. The van der Waals surface area contributed by atoms with Crippen molar-refractivity contribution in [3.05, 3.63) is 16.1 Å². The van der Waals surface area contributed by atoms with Crippen molar-refractivity contribution in [2.45, 2.75) is 26.3 Å². The van der Waals surface area contributed by atoms with Crippen molar-refractivity contribution in [3.63, 3.8) is 0 Å². The van der Waals surface area contributed by atoms with Crippen molar-refractivity contribution in [1.82, 2.24) is 0 Å².